The van der Waals surface area contributed by atoms with Crippen molar-refractivity contribution < 1.29 is 27.5 Å². The summed E-state index contributed by atoms with van der Waals surface area (Å²) in [7, 11) is -0.532. The van der Waals surface area contributed by atoms with Crippen LogP contribution in [-0.4, -0.2) is 62.1 Å². The second-order valence-electron chi connectivity index (χ2n) is 9.58. The Morgan fingerprint density at radius 1 is 1.33 bits per heavy atom. The molecule has 0 spiro atoms. The van der Waals surface area contributed by atoms with Crippen LogP contribution in [0.25, 0.3) is 0 Å². The molecule has 1 fully saturated rings. The van der Waals surface area contributed by atoms with Gasteiger partial charge in [-0.1, -0.05) is 32.9 Å². The van der Waals surface area contributed by atoms with Crippen molar-refractivity contribution >= 4 is 14.4 Å². The van der Waals surface area contributed by atoms with Gasteiger partial charge in [0, 0.05) is 26.7 Å². The van der Waals surface area contributed by atoms with Gasteiger partial charge in [0.2, 0.25) is 0 Å². The predicted molar refractivity (Wildman–Crippen MR) is 113 cm³/mol. The fraction of sp³-hybridized carbons (Fsp3) is 0.667. The van der Waals surface area contributed by atoms with Crippen LogP contribution in [0.3, 0.4) is 0 Å². The number of hydrogen-bond acceptors (Lipinski definition) is 3. The van der Waals surface area contributed by atoms with Crippen LogP contribution >= 0.6 is 0 Å². The Morgan fingerprint density at radius 3 is 2.50 bits per heavy atom. The quantitative estimate of drug-likeness (QED) is 0.590. The molecular formula is C21H33F3N2O3Si. The van der Waals surface area contributed by atoms with Gasteiger partial charge in [-0.05, 0) is 42.2 Å². The maximum Gasteiger partial charge on any atom is 0.416 e. The number of benzene rings is 1. The molecule has 0 aliphatic carbocycles. The first-order valence-corrected chi connectivity index (χ1v) is 13.1. The number of hydrogen-bond donors (Lipinski definition) is 1. The first-order chi connectivity index (χ1) is 13.6. The van der Waals surface area contributed by atoms with E-state index in [0.29, 0.717) is 18.7 Å². The molecule has 9 heteroatoms. The zero-order valence-corrected chi connectivity index (χ0v) is 19.6. The van der Waals surface area contributed by atoms with E-state index in [2.05, 4.69) is 38.8 Å². The fourth-order valence-corrected chi connectivity index (χ4v) is 4.78. The molecule has 30 heavy (non-hydrogen) atoms. The van der Waals surface area contributed by atoms with Crippen molar-refractivity contribution in [3.8, 4) is 0 Å². The van der Waals surface area contributed by atoms with Gasteiger partial charge in [-0.15, -0.1) is 0 Å². The molecular weight excluding hydrogens is 413 g/mol. The molecule has 1 aromatic carbocycles. The Kier molecular flexibility index (Phi) is 7.31. The smallest absolute Gasteiger partial charge is 0.416 e. The van der Waals surface area contributed by atoms with Gasteiger partial charge in [0.25, 0.3) is 0 Å². The highest BCUT2D eigenvalue weighted by Crippen LogP contribution is 2.38. The molecule has 0 saturated carbocycles. The van der Waals surface area contributed by atoms with Gasteiger partial charge in [0.05, 0.1) is 17.7 Å². The number of likely N-dealkylation sites (tertiary alicyclic amines) is 1. The predicted octanol–water partition coefficient (Wildman–Crippen LogP) is 5.45. The summed E-state index contributed by atoms with van der Waals surface area (Å²) in [5, 5.41) is 9.57. The van der Waals surface area contributed by atoms with Gasteiger partial charge in [-0.25, -0.2) is 4.79 Å². The van der Waals surface area contributed by atoms with Crippen LogP contribution < -0.4 is 0 Å². The van der Waals surface area contributed by atoms with E-state index < -0.39 is 32.2 Å². The van der Waals surface area contributed by atoms with Crippen molar-refractivity contribution in [2.45, 2.75) is 63.6 Å². The van der Waals surface area contributed by atoms with Crippen molar-refractivity contribution in [1.29, 1.82) is 0 Å². The first kappa shape index (κ1) is 24.7. The lowest BCUT2D eigenvalue weighted by molar-refractivity contribution is -0.137. The molecule has 1 aromatic rings. The van der Waals surface area contributed by atoms with Gasteiger partial charge in [0.1, 0.15) is 0 Å². The van der Waals surface area contributed by atoms with E-state index in [-0.39, 0.29) is 11.1 Å². The standard InChI is InChI=1S/C21H33F3N2O3Si/c1-20(2,3)30(5,6)29-17-10-11-26(13-17)14-18(25(4)19(27)28)15-8-7-9-16(12-15)21(22,23)24/h7-9,12,17-18H,10-11,13-14H2,1-6H3,(H,27,28)/t17-,18+/m0/s1. The van der Waals surface area contributed by atoms with Crippen molar-refractivity contribution in [3.63, 3.8) is 0 Å². The summed E-state index contributed by atoms with van der Waals surface area (Å²) in [4.78, 5) is 14.8. The molecule has 170 valence electrons. The molecule has 2 rings (SSSR count). The van der Waals surface area contributed by atoms with E-state index in [4.69, 9.17) is 4.43 Å². The molecule has 1 heterocycles. The average molecular weight is 447 g/mol. The summed E-state index contributed by atoms with van der Waals surface area (Å²) >= 11 is 0. The number of amides is 1. The van der Waals surface area contributed by atoms with Crippen LogP contribution in [0.2, 0.25) is 18.1 Å². The van der Waals surface area contributed by atoms with Crippen LogP contribution in [0.4, 0.5) is 18.0 Å². The van der Waals surface area contributed by atoms with Crippen LogP contribution in [0.15, 0.2) is 24.3 Å². The van der Waals surface area contributed by atoms with Crippen LogP contribution in [-0.2, 0) is 10.6 Å². The average Bonchev–Trinajstić information content (AvgIpc) is 3.03. The Balaban J connectivity index is 2.17. The maximum absolute atomic E-state index is 13.1. The minimum Gasteiger partial charge on any atom is -0.465 e. The number of nitrogens with zero attached hydrogens (tertiary/aromatic N) is 2. The minimum absolute atomic E-state index is 0.0585. The Labute approximate surface area is 177 Å². The largest absolute Gasteiger partial charge is 0.465 e. The molecule has 1 N–H and O–H groups in total. The van der Waals surface area contributed by atoms with E-state index >= 15 is 0 Å². The fourth-order valence-electron chi connectivity index (χ4n) is 3.40. The topological polar surface area (TPSA) is 53.0 Å². The lowest BCUT2D eigenvalue weighted by Crippen LogP contribution is -2.45. The zero-order valence-electron chi connectivity index (χ0n) is 18.6. The highest BCUT2D eigenvalue weighted by molar-refractivity contribution is 6.74. The van der Waals surface area contributed by atoms with Crippen LogP contribution in [0, 0.1) is 0 Å². The highest BCUT2D eigenvalue weighted by Gasteiger charge is 2.41. The van der Waals surface area contributed by atoms with Crippen LogP contribution in [0.1, 0.15) is 44.4 Å². The lowest BCUT2D eigenvalue weighted by Gasteiger charge is -2.38. The van der Waals surface area contributed by atoms with E-state index in [1.807, 2.05) is 0 Å². The molecule has 1 aliphatic heterocycles. The van der Waals surface area contributed by atoms with Gasteiger partial charge >= 0.3 is 12.3 Å². The molecule has 2 atom stereocenters. The molecule has 0 aromatic heterocycles. The Bertz CT molecular complexity index is 750. The first-order valence-electron chi connectivity index (χ1n) is 10.1. The minimum atomic E-state index is -4.47. The summed E-state index contributed by atoms with van der Waals surface area (Å²) in [6, 6.07) is 4.23. The van der Waals surface area contributed by atoms with Crippen LogP contribution in [0.5, 0.6) is 0 Å². The van der Waals surface area contributed by atoms with Gasteiger partial charge in [-0.3, -0.25) is 4.90 Å². The maximum atomic E-state index is 13.1. The third-order valence-electron chi connectivity index (χ3n) is 6.30. The Morgan fingerprint density at radius 2 is 1.97 bits per heavy atom. The monoisotopic (exact) mass is 446 g/mol. The second kappa shape index (κ2) is 8.88. The van der Waals surface area contributed by atoms with E-state index in [9.17, 15) is 23.1 Å². The highest BCUT2D eigenvalue weighted by atomic mass is 28.4. The summed E-state index contributed by atoms with van der Waals surface area (Å²) in [5.41, 5.74) is -0.437. The number of alkyl halides is 3. The molecule has 5 nitrogen and oxygen atoms in total. The third kappa shape index (κ3) is 5.98. The van der Waals surface area contributed by atoms with Gasteiger partial charge < -0.3 is 14.4 Å². The van der Waals surface area contributed by atoms with Crippen molar-refractivity contribution in [2.75, 3.05) is 26.7 Å². The Hall–Kier alpha value is -1.58. The van der Waals surface area contributed by atoms with E-state index in [1.54, 1.807) is 6.07 Å². The number of rotatable bonds is 6. The molecule has 1 saturated heterocycles. The van der Waals surface area contributed by atoms with Crippen molar-refractivity contribution in [2.24, 2.45) is 0 Å². The van der Waals surface area contributed by atoms with Gasteiger partial charge in [0.15, 0.2) is 8.32 Å². The summed E-state index contributed by atoms with van der Waals surface area (Å²) in [5.74, 6) is 0. The SMILES string of the molecule is CN(C(=O)O)[C@H](CN1CC[C@H](O[Si](C)(C)C(C)(C)C)C1)c1cccc(C(F)(F)F)c1. The van der Waals surface area contributed by atoms with E-state index in [1.165, 1.54) is 13.1 Å². The third-order valence-corrected chi connectivity index (χ3v) is 10.8. The number of halogens is 3. The van der Waals surface area contributed by atoms with Crippen molar-refractivity contribution in [3.05, 3.63) is 35.4 Å². The number of carboxylic acid groups (broad SMARTS) is 1. The molecule has 1 aliphatic rings. The lowest BCUT2D eigenvalue weighted by atomic mass is 10.0. The molecule has 0 bridgehead atoms. The summed E-state index contributed by atoms with van der Waals surface area (Å²) in [6.07, 6.45) is -4.76. The number of carbonyl (C=O) groups is 1. The normalized spacial score (nSPS) is 19.7. The van der Waals surface area contributed by atoms with Crippen molar-refractivity contribution in [1.82, 2.24) is 9.80 Å². The summed E-state index contributed by atoms with van der Waals surface area (Å²) < 4.78 is 45.9. The summed E-state index contributed by atoms with van der Waals surface area (Å²) in [6.45, 7) is 12.6. The molecule has 1 amide bonds. The molecule has 0 unspecified atom stereocenters. The molecule has 0 radical (unpaired) electrons. The van der Waals surface area contributed by atoms with Gasteiger partial charge in [-0.2, -0.15) is 13.2 Å². The zero-order chi connectivity index (χ0) is 22.9. The second-order valence-corrected chi connectivity index (χ2v) is 14.3. The van der Waals surface area contributed by atoms with E-state index in [0.717, 1.165) is 30.0 Å². The number of likely N-dealkylation sites (N-methyl/N-ethyl adjacent to an activating group) is 1.